The molecule has 0 saturated carbocycles. The predicted octanol–water partition coefficient (Wildman–Crippen LogP) is 5.28. The molecule has 2 aliphatic rings. The van der Waals surface area contributed by atoms with Crippen LogP contribution in [-0.2, 0) is 6.42 Å². The van der Waals surface area contributed by atoms with Gasteiger partial charge < -0.3 is 4.90 Å². The third kappa shape index (κ3) is 2.47. The van der Waals surface area contributed by atoms with Gasteiger partial charge >= 0.3 is 0 Å². The van der Waals surface area contributed by atoms with Crippen molar-refractivity contribution in [2.24, 2.45) is 0 Å². The van der Waals surface area contributed by atoms with Gasteiger partial charge in [0.05, 0.1) is 0 Å². The van der Waals surface area contributed by atoms with Crippen LogP contribution in [0.3, 0.4) is 0 Å². The van der Waals surface area contributed by atoms with Gasteiger partial charge in [-0.15, -0.1) is 0 Å². The van der Waals surface area contributed by atoms with Gasteiger partial charge in [-0.25, -0.2) is 0 Å². The molecule has 2 fully saturated rings. The van der Waals surface area contributed by atoms with Gasteiger partial charge in [0.1, 0.15) is 0 Å². The van der Waals surface area contributed by atoms with Crippen molar-refractivity contribution < 1.29 is 0 Å². The molecule has 0 atom stereocenters. The molecular weight excluding hydrogens is 242 g/mol. The summed E-state index contributed by atoms with van der Waals surface area (Å²) in [6, 6.07) is 8.99. The SMILES string of the molecule is CCCCc1ccc(N2C3CCC2CC3)cc1C(C)C. The molecule has 2 saturated heterocycles. The lowest BCUT2D eigenvalue weighted by Crippen LogP contribution is -2.28. The van der Waals surface area contributed by atoms with Gasteiger partial charge in [0.2, 0.25) is 0 Å². The molecule has 1 aromatic rings. The molecule has 3 rings (SSSR count). The van der Waals surface area contributed by atoms with Crippen molar-refractivity contribution in [2.75, 3.05) is 4.90 Å². The van der Waals surface area contributed by atoms with Gasteiger partial charge in [-0.1, -0.05) is 33.3 Å². The molecule has 0 aromatic heterocycles. The van der Waals surface area contributed by atoms with Crippen LogP contribution in [0.5, 0.6) is 0 Å². The van der Waals surface area contributed by atoms with Gasteiger partial charge in [0.15, 0.2) is 0 Å². The molecule has 2 heterocycles. The molecule has 0 unspecified atom stereocenters. The molecule has 0 amide bonds. The molecule has 110 valence electrons. The maximum Gasteiger partial charge on any atom is 0.0374 e. The van der Waals surface area contributed by atoms with Crippen LogP contribution in [0.2, 0.25) is 0 Å². The molecule has 0 N–H and O–H groups in total. The first-order valence-corrected chi connectivity index (χ1v) is 8.62. The van der Waals surface area contributed by atoms with E-state index in [0.29, 0.717) is 5.92 Å². The van der Waals surface area contributed by atoms with Crippen LogP contribution in [-0.4, -0.2) is 12.1 Å². The second kappa shape index (κ2) is 5.79. The number of aryl methyl sites for hydroxylation is 1. The van der Waals surface area contributed by atoms with Crippen LogP contribution in [0.4, 0.5) is 5.69 Å². The zero-order valence-corrected chi connectivity index (χ0v) is 13.4. The Labute approximate surface area is 124 Å². The van der Waals surface area contributed by atoms with E-state index in [1.807, 2.05) is 0 Å². The van der Waals surface area contributed by atoms with Crippen molar-refractivity contribution in [1.82, 2.24) is 0 Å². The minimum atomic E-state index is 0.641. The topological polar surface area (TPSA) is 3.24 Å². The average Bonchev–Trinajstić information content (AvgIpc) is 3.05. The Balaban J connectivity index is 1.88. The van der Waals surface area contributed by atoms with Crippen molar-refractivity contribution in [3.63, 3.8) is 0 Å². The first kappa shape index (κ1) is 14.0. The van der Waals surface area contributed by atoms with E-state index in [1.54, 1.807) is 11.1 Å². The summed E-state index contributed by atoms with van der Waals surface area (Å²) in [4.78, 5) is 2.73. The molecule has 20 heavy (non-hydrogen) atoms. The van der Waals surface area contributed by atoms with Crippen molar-refractivity contribution >= 4 is 5.69 Å². The van der Waals surface area contributed by atoms with E-state index in [0.717, 1.165) is 12.1 Å². The summed E-state index contributed by atoms with van der Waals surface area (Å²) in [5.74, 6) is 0.641. The molecule has 1 nitrogen and oxygen atoms in total. The van der Waals surface area contributed by atoms with E-state index in [-0.39, 0.29) is 0 Å². The van der Waals surface area contributed by atoms with Crippen molar-refractivity contribution in [3.05, 3.63) is 29.3 Å². The Morgan fingerprint density at radius 1 is 1.10 bits per heavy atom. The highest BCUT2D eigenvalue weighted by Gasteiger charge is 2.39. The van der Waals surface area contributed by atoms with Gasteiger partial charge in [-0.3, -0.25) is 0 Å². The molecule has 0 radical (unpaired) electrons. The molecule has 1 heteroatoms. The highest BCUT2D eigenvalue weighted by atomic mass is 15.2. The summed E-state index contributed by atoms with van der Waals surface area (Å²) in [6.45, 7) is 6.96. The molecule has 1 aromatic carbocycles. The maximum atomic E-state index is 2.73. The first-order chi connectivity index (χ1) is 9.70. The lowest BCUT2D eigenvalue weighted by molar-refractivity contribution is 0.576. The van der Waals surface area contributed by atoms with E-state index in [2.05, 4.69) is 43.9 Å². The summed E-state index contributed by atoms with van der Waals surface area (Å²) in [6.07, 6.45) is 9.51. The summed E-state index contributed by atoms with van der Waals surface area (Å²) in [5.41, 5.74) is 4.67. The summed E-state index contributed by atoms with van der Waals surface area (Å²) in [5, 5.41) is 0. The van der Waals surface area contributed by atoms with E-state index < -0.39 is 0 Å². The summed E-state index contributed by atoms with van der Waals surface area (Å²) >= 11 is 0. The summed E-state index contributed by atoms with van der Waals surface area (Å²) < 4.78 is 0. The number of nitrogens with zero attached hydrogens (tertiary/aromatic N) is 1. The second-order valence-electron chi connectivity index (χ2n) is 7.01. The van der Waals surface area contributed by atoms with Gasteiger partial charge in [-0.05, 0) is 67.7 Å². The number of unbranched alkanes of at least 4 members (excludes halogenated alkanes) is 1. The maximum absolute atomic E-state index is 2.73. The van der Waals surface area contributed by atoms with E-state index in [9.17, 15) is 0 Å². The molecule has 0 spiro atoms. The zero-order valence-electron chi connectivity index (χ0n) is 13.4. The zero-order chi connectivity index (χ0) is 14.1. The Morgan fingerprint density at radius 2 is 1.75 bits per heavy atom. The smallest absolute Gasteiger partial charge is 0.0374 e. The Bertz CT molecular complexity index is 443. The Hall–Kier alpha value is -0.980. The van der Waals surface area contributed by atoms with Crippen LogP contribution in [0.25, 0.3) is 0 Å². The molecule has 2 aliphatic heterocycles. The summed E-state index contributed by atoms with van der Waals surface area (Å²) in [7, 11) is 0. The first-order valence-electron chi connectivity index (χ1n) is 8.62. The van der Waals surface area contributed by atoms with Crippen LogP contribution < -0.4 is 4.90 Å². The normalized spacial score (nSPS) is 24.9. The third-order valence-corrected chi connectivity index (χ3v) is 5.30. The number of fused-ring (bicyclic) bond motifs is 2. The van der Waals surface area contributed by atoms with Crippen molar-refractivity contribution in [3.8, 4) is 0 Å². The minimum Gasteiger partial charge on any atom is -0.366 e. The fourth-order valence-electron chi connectivity index (χ4n) is 4.21. The standard InChI is InChI=1S/C19H29N/c1-4-5-6-15-7-8-18(13-19(15)14(2)3)20-16-9-10-17(20)12-11-16/h7-8,13-14,16-17H,4-6,9-12H2,1-3H3. The highest BCUT2D eigenvalue weighted by molar-refractivity contribution is 5.55. The second-order valence-corrected chi connectivity index (χ2v) is 7.01. The highest BCUT2D eigenvalue weighted by Crippen LogP contribution is 2.41. The van der Waals surface area contributed by atoms with Gasteiger partial charge in [0.25, 0.3) is 0 Å². The van der Waals surface area contributed by atoms with Gasteiger partial charge in [-0.2, -0.15) is 0 Å². The lowest BCUT2D eigenvalue weighted by atomic mass is 9.93. The fourth-order valence-corrected chi connectivity index (χ4v) is 4.21. The largest absolute Gasteiger partial charge is 0.366 e. The molecule has 2 bridgehead atoms. The number of hydrogen-bond acceptors (Lipinski definition) is 1. The average molecular weight is 271 g/mol. The van der Waals surface area contributed by atoms with E-state index in [4.69, 9.17) is 0 Å². The molecule has 0 aliphatic carbocycles. The number of benzene rings is 1. The van der Waals surface area contributed by atoms with E-state index in [1.165, 1.54) is 50.6 Å². The van der Waals surface area contributed by atoms with Crippen LogP contribution in [0.15, 0.2) is 18.2 Å². The van der Waals surface area contributed by atoms with Crippen molar-refractivity contribution in [2.45, 2.75) is 83.7 Å². The molecular formula is C19H29N. The quantitative estimate of drug-likeness (QED) is 0.704. The van der Waals surface area contributed by atoms with Crippen LogP contribution >= 0.6 is 0 Å². The van der Waals surface area contributed by atoms with Crippen molar-refractivity contribution in [1.29, 1.82) is 0 Å². The fraction of sp³-hybridized carbons (Fsp3) is 0.684. The Kier molecular flexibility index (Phi) is 4.05. The van der Waals surface area contributed by atoms with Crippen LogP contribution in [0.1, 0.15) is 76.3 Å². The number of hydrogen-bond donors (Lipinski definition) is 0. The number of anilines is 1. The minimum absolute atomic E-state index is 0.641. The lowest BCUT2D eigenvalue weighted by Gasteiger charge is -2.26. The van der Waals surface area contributed by atoms with Crippen LogP contribution in [0, 0.1) is 0 Å². The third-order valence-electron chi connectivity index (χ3n) is 5.30. The predicted molar refractivity (Wildman–Crippen MR) is 87.7 cm³/mol. The number of rotatable bonds is 5. The van der Waals surface area contributed by atoms with E-state index >= 15 is 0 Å². The monoisotopic (exact) mass is 271 g/mol. The van der Waals surface area contributed by atoms with Gasteiger partial charge in [0, 0.05) is 17.8 Å². The Morgan fingerprint density at radius 3 is 2.30 bits per heavy atom.